The molecule has 1 N–H and O–H groups in total. The van der Waals surface area contributed by atoms with Crippen LogP contribution in [0, 0.1) is 17.8 Å². The topological polar surface area (TPSA) is 15.3 Å². The van der Waals surface area contributed by atoms with Gasteiger partial charge in [-0.2, -0.15) is 0 Å². The summed E-state index contributed by atoms with van der Waals surface area (Å²) < 4.78 is 0. The van der Waals surface area contributed by atoms with Crippen LogP contribution in [0.2, 0.25) is 0 Å². The van der Waals surface area contributed by atoms with Gasteiger partial charge < -0.3 is 10.2 Å². The van der Waals surface area contributed by atoms with E-state index < -0.39 is 0 Å². The fourth-order valence-electron chi connectivity index (χ4n) is 4.39. The molecular weight excluding hydrogens is 220 g/mol. The summed E-state index contributed by atoms with van der Waals surface area (Å²) in [5, 5.41) is 3.76. The Kier molecular flexibility index (Phi) is 3.95. The molecule has 0 amide bonds. The molecule has 3 aliphatic rings. The zero-order valence-corrected chi connectivity index (χ0v) is 12.2. The van der Waals surface area contributed by atoms with Gasteiger partial charge in [0, 0.05) is 18.6 Å². The molecule has 3 fully saturated rings. The van der Waals surface area contributed by atoms with Crippen LogP contribution >= 0.6 is 0 Å². The Morgan fingerprint density at radius 3 is 2.44 bits per heavy atom. The Balaban J connectivity index is 1.40. The molecular formula is C16H30N2. The second-order valence-corrected chi connectivity index (χ2v) is 7.36. The Morgan fingerprint density at radius 1 is 1.11 bits per heavy atom. The van der Waals surface area contributed by atoms with E-state index in [0.717, 1.165) is 29.8 Å². The highest BCUT2D eigenvalue weighted by Gasteiger charge is 2.33. The van der Waals surface area contributed by atoms with Crippen molar-refractivity contribution in [1.82, 2.24) is 10.2 Å². The molecule has 3 heterocycles. The number of nitrogens with zero attached hydrogens (tertiary/aromatic N) is 1. The highest BCUT2D eigenvalue weighted by molar-refractivity contribution is 4.92. The normalized spacial score (nSPS) is 40.8. The zero-order valence-electron chi connectivity index (χ0n) is 12.2. The molecule has 104 valence electrons. The van der Waals surface area contributed by atoms with Crippen LogP contribution in [0.5, 0.6) is 0 Å². The highest BCUT2D eigenvalue weighted by Crippen LogP contribution is 2.33. The third-order valence-corrected chi connectivity index (χ3v) is 5.68. The number of hydrogen-bond donors (Lipinski definition) is 1. The fourth-order valence-corrected chi connectivity index (χ4v) is 4.39. The second-order valence-electron chi connectivity index (χ2n) is 7.36. The van der Waals surface area contributed by atoms with Crippen LogP contribution in [0.15, 0.2) is 0 Å². The van der Waals surface area contributed by atoms with Crippen molar-refractivity contribution in [3.05, 3.63) is 0 Å². The fraction of sp³-hybridized carbons (Fsp3) is 1.00. The molecule has 0 aromatic heterocycles. The van der Waals surface area contributed by atoms with Gasteiger partial charge in [0.1, 0.15) is 0 Å². The van der Waals surface area contributed by atoms with Gasteiger partial charge in [0.25, 0.3) is 0 Å². The Bertz CT molecular complexity index is 264. The quantitative estimate of drug-likeness (QED) is 0.825. The minimum atomic E-state index is 0.871. The lowest BCUT2D eigenvalue weighted by atomic mass is 9.89. The lowest BCUT2D eigenvalue weighted by Crippen LogP contribution is -2.39. The average molecular weight is 250 g/mol. The van der Waals surface area contributed by atoms with Gasteiger partial charge in [0.05, 0.1) is 0 Å². The molecule has 3 rings (SSSR count). The molecule has 3 atom stereocenters. The monoisotopic (exact) mass is 250 g/mol. The van der Waals surface area contributed by atoms with Gasteiger partial charge >= 0.3 is 0 Å². The third kappa shape index (κ3) is 2.91. The smallest absolute Gasteiger partial charge is 0.00728 e. The van der Waals surface area contributed by atoms with E-state index in [1.807, 2.05) is 0 Å². The molecule has 0 radical (unpaired) electrons. The molecule has 3 aliphatic heterocycles. The molecule has 0 aromatic rings. The highest BCUT2D eigenvalue weighted by atomic mass is 15.1. The van der Waals surface area contributed by atoms with Gasteiger partial charge in [-0.3, -0.25) is 0 Å². The van der Waals surface area contributed by atoms with Gasteiger partial charge in [0.2, 0.25) is 0 Å². The lowest BCUT2D eigenvalue weighted by molar-refractivity contribution is 0.234. The Labute approximate surface area is 113 Å². The average Bonchev–Trinajstić information content (AvgIpc) is 2.94. The van der Waals surface area contributed by atoms with E-state index in [4.69, 9.17) is 0 Å². The molecule has 0 aromatic carbocycles. The van der Waals surface area contributed by atoms with E-state index in [0.29, 0.717) is 0 Å². The molecule has 18 heavy (non-hydrogen) atoms. The summed E-state index contributed by atoms with van der Waals surface area (Å²) in [5.74, 6) is 2.86. The van der Waals surface area contributed by atoms with E-state index in [2.05, 4.69) is 24.1 Å². The summed E-state index contributed by atoms with van der Waals surface area (Å²) in [7, 11) is 0. The molecule has 3 saturated heterocycles. The molecule has 2 nitrogen and oxygen atoms in total. The first-order valence-corrected chi connectivity index (χ1v) is 8.19. The van der Waals surface area contributed by atoms with Crippen LogP contribution < -0.4 is 5.32 Å². The maximum atomic E-state index is 3.76. The molecule has 0 spiro atoms. The number of nitrogens with one attached hydrogen (secondary N) is 1. The van der Waals surface area contributed by atoms with Gasteiger partial charge in [-0.1, -0.05) is 13.8 Å². The van der Waals surface area contributed by atoms with Crippen molar-refractivity contribution in [1.29, 1.82) is 0 Å². The van der Waals surface area contributed by atoms with Crippen LogP contribution in [0.4, 0.5) is 0 Å². The maximum Gasteiger partial charge on any atom is 0.00728 e. The van der Waals surface area contributed by atoms with E-state index in [9.17, 15) is 0 Å². The number of rotatable bonds is 4. The van der Waals surface area contributed by atoms with Crippen molar-refractivity contribution in [3.8, 4) is 0 Å². The summed E-state index contributed by atoms with van der Waals surface area (Å²) in [6, 6.07) is 1.74. The predicted molar refractivity (Wildman–Crippen MR) is 76.7 cm³/mol. The van der Waals surface area contributed by atoms with Crippen molar-refractivity contribution in [2.45, 2.75) is 64.5 Å². The lowest BCUT2D eigenvalue weighted by Gasteiger charge is -2.30. The summed E-state index contributed by atoms with van der Waals surface area (Å²) in [6.45, 7) is 8.88. The summed E-state index contributed by atoms with van der Waals surface area (Å²) >= 11 is 0. The summed E-state index contributed by atoms with van der Waals surface area (Å²) in [5.41, 5.74) is 0. The van der Waals surface area contributed by atoms with Gasteiger partial charge in [-0.05, 0) is 69.4 Å². The van der Waals surface area contributed by atoms with Crippen LogP contribution in [-0.2, 0) is 0 Å². The van der Waals surface area contributed by atoms with E-state index in [1.54, 1.807) is 0 Å². The minimum Gasteiger partial charge on any atom is -0.311 e. The van der Waals surface area contributed by atoms with Crippen molar-refractivity contribution in [2.24, 2.45) is 17.8 Å². The van der Waals surface area contributed by atoms with Gasteiger partial charge in [0.15, 0.2) is 0 Å². The van der Waals surface area contributed by atoms with E-state index >= 15 is 0 Å². The molecule has 0 aliphatic carbocycles. The van der Waals surface area contributed by atoms with Crippen LogP contribution in [0.3, 0.4) is 0 Å². The van der Waals surface area contributed by atoms with E-state index in [-0.39, 0.29) is 0 Å². The van der Waals surface area contributed by atoms with Crippen molar-refractivity contribution in [2.75, 3.05) is 19.6 Å². The van der Waals surface area contributed by atoms with E-state index in [1.165, 1.54) is 58.2 Å². The first-order valence-electron chi connectivity index (χ1n) is 8.19. The molecule has 0 saturated carbocycles. The second kappa shape index (κ2) is 5.50. The first-order chi connectivity index (χ1) is 8.70. The Morgan fingerprint density at radius 2 is 1.83 bits per heavy atom. The van der Waals surface area contributed by atoms with Gasteiger partial charge in [-0.15, -0.1) is 0 Å². The number of hydrogen-bond acceptors (Lipinski definition) is 2. The number of likely N-dealkylation sites (tertiary alicyclic amines) is 1. The zero-order chi connectivity index (χ0) is 12.5. The van der Waals surface area contributed by atoms with Crippen molar-refractivity contribution >= 4 is 0 Å². The molecule has 3 unspecified atom stereocenters. The molecule has 2 bridgehead atoms. The van der Waals surface area contributed by atoms with Crippen LogP contribution in [-0.4, -0.2) is 36.6 Å². The Hall–Kier alpha value is -0.0800. The minimum absolute atomic E-state index is 0.871. The maximum absolute atomic E-state index is 3.76. The predicted octanol–water partition coefficient (Wildman–Crippen LogP) is 2.89. The SMILES string of the molecule is CC(C)C1CCN(CCC2CC3CCC(C2)N3)C1. The summed E-state index contributed by atoms with van der Waals surface area (Å²) in [6.07, 6.45) is 8.70. The summed E-state index contributed by atoms with van der Waals surface area (Å²) in [4.78, 5) is 2.73. The van der Waals surface area contributed by atoms with Crippen molar-refractivity contribution < 1.29 is 0 Å². The molecule has 2 heteroatoms. The largest absolute Gasteiger partial charge is 0.311 e. The van der Waals surface area contributed by atoms with Gasteiger partial charge in [-0.25, -0.2) is 0 Å². The third-order valence-electron chi connectivity index (χ3n) is 5.68. The number of piperidine rings is 1. The number of fused-ring (bicyclic) bond motifs is 2. The van der Waals surface area contributed by atoms with Crippen LogP contribution in [0.25, 0.3) is 0 Å². The standard InChI is InChI=1S/C16H30N2/c1-12(2)14-6-8-18(11-14)7-5-13-9-15-3-4-16(10-13)17-15/h12-17H,3-11H2,1-2H3. The van der Waals surface area contributed by atoms with Crippen LogP contribution in [0.1, 0.15) is 52.4 Å². The first kappa shape index (κ1) is 12.9. The van der Waals surface area contributed by atoms with Crippen molar-refractivity contribution in [3.63, 3.8) is 0 Å².